The van der Waals surface area contributed by atoms with Gasteiger partial charge in [0.25, 0.3) is 0 Å². The molecule has 2 N–H and O–H groups in total. The van der Waals surface area contributed by atoms with Crippen molar-refractivity contribution in [1.29, 1.82) is 0 Å². The third-order valence-corrected chi connectivity index (χ3v) is 2.91. The Labute approximate surface area is 124 Å². The predicted molar refractivity (Wildman–Crippen MR) is 79.6 cm³/mol. The Hall–Kier alpha value is -2.33. The normalized spacial score (nSPS) is 11.7. The van der Waals surface area contributed by atoms with Gasteiger partial charge in [0.2, 0.25) is 0 Å². The molecule has 0 spiro atoms. The van der Waals surface area contributed by atoms with Gasteiger partial charge in [-0.3, -0.25) is 4.79 Å². The molecule has 4 nitrogen and oxygen atoms in total. The Balaban J connectivity index is 1.68. The van der Waals surface area contributed by atoms with Gasteiger partial charge in [-0.1, -0.05) is 42.5 Å². The van der Waals surface area contributed by atoms with Crippen molar-refractivity contribution in [3.63, 3.8) is 0 Å². The maximum Gasteiger partial charge on any atom is 0.323 e. The molecular formula is C17H18NO3. The van der Waals surface area contributed by atoms with Crippen LogP contribution in [0, 0.1) is 6.07 Å². The summed E-state index contributed by atoms with van der Waals surface area (Å²) >= 11 is 0. The van der Waals surface area contributed by atoms with Gasteiger partial charge in [0, 0.05) is 6.42 Å². The summed E-state index contributed by atoms with van der Waals surface area (Å²) < 4.78 is 10.6. The number of nitrogens with two attached hydrogens (primary N) is 1. The Kier molecular flexibility index (Phi) is 5.79. The van der Waals surface area contributed by atoms with Gasteiger partial charge in [-0.15, -0.1) is 0 Å². The monoisotopic (exact) mass is 284 g/mol. The summed E-state index contributed by atoms with van der Waals surface area (Å²) in [5.41, 5.74) is 6.72. The summed E-state index contributed by atoms with van der Waals surface area (Å²) in [6.45, 7) is 0.606. The summed E-state index contributed by atoms with van der Waals surface area (Å²) in [5.74, 6) is 0.322. The molecule has 0 amide bonds. The zero-order valence-corrected chi connectivity index (χ0v) is 11.7. The maximum absolute atomic E-state index is 11.8. The van der Waals surface area contributed by atoms with Crippen LogP contribution < -0.4 is 10.5 Å². The molecule has 0 bridgehead atoms. The lowest BCUT2D eigenvalue weighted by Crippen LogP contribution is -2.33. The van der Waals surface area contributed by atoms with Gasteiger partial charge in [0.05, 0.1) is 6.61 Å². The molecule has 2 aromatic rings. The molecule has 1 unspecified atom stereocenters. The van der Waals surface area contributed by atoms with Gasteiger partial charge in [0.1, 0.15) is 18.4 Å². The van der Waals surface area contributed by atoms with Gasteiger partial charge in [-0.25, -0.2) is 0 Å². The van der Waals surface area contributed by atoms with Crippen LogP contribution in [0.5, 0.6) is 5.75 Å². The number of rotatable bonds is 7. The largest absolute Gasteiger partial charge is 0.494 e. The number of carbonyl (C=O) groups excluding carboxylic acids is 1. The van der Waals surface area contributed by atoms with Crippen LogP contribution in [0.4, 0.5) is 0 Å². The molecule has 21 heavy (non-hydrogen) atoms. The maximum atomic E-state index is 11.8. The number of hydrogen-bond donors (Lipinski definition) is 1. The Morgan fingerprint density at radius 3 is 2.57 bits per heavy atom. The van der Waals surface area contributed by atoms with Gasteiger partial charge in [-0.05, 0) is 23.8 Å². The Bertz CT molecular complexity index is 542. The highest BCUT2D eigenvalue weighted by atomic mass is 16.5. The van der Waals surface area contributed by atoms with E-state index in [-0.39, 0.29) is 6.61 Å². The zero-order chi connectivity index (χ0) is 14.9. The Morgan fingerprint density at radius 1 is 1.14 bits per heavy atom. The van der Waals surface area contributed by atoms with Gasteiger partial charge in [-0.2, -0.15) is 0 Å². The van der Waals surface area contributed by atoms with E-state index < -0.39 is 12.0 Å². The van der Waals surface area contributed by atoms with Crippen LogP contribution in [-0.4, -0.2) is 18.6 Å². The van der Waals surface area contributed by atoms with Crippen molar-refractivity contribution in [2.45, 2.75) is 19.1 Å². The topological polar surface area (TPSA) is 61.5 Å². The SMILES string of the molecule is NC(CCOc1cc[c]cc1)C(=O)OCc1ccccc1. The minimum atomic E-state index is -0.677. The molecule has 2 aromatic carbocycles. The standard InChI is InChI=1S/C17H18NO3/c18-16(11-12-20-15-9-5-2-6-10-15)17(19)21-13-14-7-3-1-4-8-14/h1,3-10,16H,11-13,18H2. The van der Waals surface area contributed by atoms with E-state index >= 15 is 0 Å². The van der Waals surface area contributed by atoms with Crippen molar-refractivity contribution < 1.29 is 14.3 Å². The van der Waals surface area contributed by atoms with E-state index in [4.69, 9.17) is 15.2 Å². The molecule has 0 aromatic heterocycles. The van der Waals surface area contributed by atoms with Gasteiger partial charge < -0.3 is 15.2 Å². The molecule has 0 heterocycles. The first kappa shape index (κ1) is 15.1. The van der Waals surface area contributed by atoms with Crippen molar-refractivity contribution in [1.82, 2.24) is 0 Å². The smallest absolute Gasteiger partial charge is 0.323 e. The van der Waals surface area contributed by atoms with E-state index in [1.807, 2.05) is 30.3 Å². The fourth-order valence-corrected chi connectivity index (χ4v) is 1.73. The summed E-state index contributed by atoms with van der Waals surface area (Å²) in [7, 11) is 0. The van der Waals surface area contributed by atoms with E-state index in [1.54, 1.807) is 24.3 Å². The van der Waals surface area contributed by atoms with Crippen LogP contribution in [0.1, 0.15) is 12.0 Å². The van der Waals surface area contributed by atoms with Crippen molar-refractivity contribution >= 4 is 5.97 Å². The van der Waals surface area contributed by atoms with E-state index in [9.17, 15) is 4.79 Å². The second-order valence-electron chi connectivity index (χ2n) is 4.57. The number of benzene rings is 2. The van der Waals surface area contributed by atoms with Crippen LogP contribution in [0.3, 0.4) is 0 Å². The summed E-state index contributed by atoms with van der Waals surface area (Å²) in [6.07, 6.45) is 0.409. The van der Waals surface area contributed by atoms with Crippen molar-refractivity contribution in [3.05, 3.63) is 66.2 Å². The predicted octanol–water partition coefficient (Wildman–Crippen LogP) is 2.33. The lowest BCUT2D eigenvalue weighted by atomic mass is 10.2. The molecule has 0 saturated carbocycles. The second-order valence-corrected chi connectivity index (χ2v) is 4.57. The fraction of sp³-hybridized carbons (Fsp3) is 0.235. The van der Waals surface area contributed by atoms with Crippen molar-refractivity contribution in [2.24, 2.45) is 5.73 Å². The van der Waals surface area contributed by atoms with Crippen molar-refractivity contribution in [2.75, 3.05) is 6.61 Å². The van der Waals surface area contributed by atoms with Gasteiger partial charge in [0.15, 0.2) is 0 Å². The number of carbonyl (C=O) groups is 1. The fourth-order valence-electron chi connectivity index (χ4n) is 1.73. The molecule has 109 valence electrons. The second kappa shape index (κ2) is 8.07. The summed E-state index contributed by atoms with van der Waals surface area (Å²) in [4.78, 5) is 11.8. The molecule has 0 fully saturated rings. The first-order valence-electron chi connectivity index (χ1n) is 6.81. The highest BCUT2D eigenvalue weighted by molar-refractivity contribution is 5.75. The molecular weight excluding hydrogens is 266 g/mol. The average molecular weight is 284 g/mol. The highest BCUT2D eigenvalue weighted by Crippen LogP contribution is 2.09. The molecule has 1 radical (unpaired) electrons. The van der Waals surface area contributed by atoms with Gasteiger partial charge >= 0.3 is 5.97 Å². The van der Waals surface area contributed by atoms with E-state index in [0.29, 0.717) is 13.0 Å². The van der Waals surface area contributed by atoms with Crippen LogP contribution in [-0.2, 0) is 16.1 Å². The van der Waals surface area contributed by atoms with Crippen LogP contribution >= 0.6 is 0 Å². The summed E-state index contributed by atoms with van der Waals surface area (Å²) in [5, 5.41) is 0. The third-order valence-electron chi connectivity index (χ3n) is 2.91. The average Bonchev–Trinajstić information content (AvgIpc) is 2.54. The van der Waals surface area contributed by atoms with Crippen LogP contribution in [0.2, 0.25) is 0 Å². The minimum Gasteiger partial charge on any atom is -0.494 e. The first-order valence-corrected chi connectivity index (χ1v) is 6.81. The molecule has 0 aliphatic heterocycles. The number of hydrogen-bond acceptors (Lipinski definition) is 4. The lowest BCUT2D eigenvalue weighted by Gasteiger charge is -2.12. The third kappa shape index (κ3) is 5.28. The molecule has 0 aliphatic carbocycles. The van der Waals surface area contributed by atoms with Crippen LogP contribution in [0.25, 0.3) is 0 Å². The van der Waals surface area contributed by atoms with Crippen LogP contribution in [0.15, 0.2) is 54.6 Å². The highest BCUT2D eigenvalue weighted by Gasteiger charge is 2.15. The Morgan fingerprint density at radius 2 is 1.86 bits per heavy atom. The molecule has 2 rings (SSSR count). The first-order chi connectivity index (χ1) is 10.3. The molecule has 0 saturated heterocycles. The van der Waals surface area contributed by atoms with E-state index in [1.165, 1.54) is 0 Å². The summed E-state index contributed by atoms with van der Waals surface area (Å²) in [6, 6.07) is 18.9. The lowest BCUT2D eigenvalue weighted by molar-refractivity contribution is -0.146. The molecule has 1 atom stereocenters. The van der Waals surface area contributed by atoms with E-state index in [0.717, 1.165) is 11.3 Å². The quantitative estimate of drug-likeness (QED) is 0.793. The minimum absolute atomic E-state index is 0.239. The van der Waals surface area contributed by atoms with E-state index in [2.05, 4.69) is 6.07 Å². The molecule has 4 heteroatoms. The van der Waals surface area contributed by atoms with Crippen molar-refractivity contribution in [3.8, 4) is 5.75 Å². The molecule has 0 aliphatic rings. The zero-order valence-electron chi connectivity index (χ0n) is 11.7. The number of esters is 1. The number of ether oxygens (including phenoxy) is 2.